The van der Waals surface area contributed by atoms with E-state index in [-0.39, 0.29) is 5.92 Å². The Bertz CT molecular complexity index is 676. The zero-order chi connectivity index (χ0) is 13.9. The van der Waals surface area contributed by atoms with E-state index in [1.54, 1.807) is 12.3 Å². The van der Waals surface area contributed by atoms with Crippen molar-refractivity contribution in [1.82, 2.24) is 10.3 Å². The smallest absolute Gasteiger partial charge is 0.148 e. The lowest BCUT2D eigenvalue weighted by atomic mass is 9.92. The first-order chi connectivity index (χ1) is 9.81. The van der Waals surface area contributed by atoms with Gasteiger partial charge in [0.15, 0.2) is 0 Å². The highest BCUT2D eigenvalue weighted by Crippen LogP contribution is 2.38. The summed E-state index contributed by atoms with van der Waals surface area (Å²) in [6.07, 6.45) is 2.59. The van der Waals surface area contributed by atoms with E-state index < -0.39 is 0 Å². The standard InChI is InChI=1S/C16H15N3O/c1-18-10-12-8-14-16(3-2-6-19-14)20-15-5-4-11(9-17)7-13(12)15/h2-7,12,18H,8,10H2,1H3. The van der Waals surface area contributed by atoms with Gasteiger partial charge in [-0.2, -0.15) is 5.26 Å². The van der Waals surface area contributed by atoms with Crippen LogP contribution >= 0.6 is 0 Å². The van der Waals surface area contributed by atoms with Crippen molar-refractivity contribution in [2.75, 3.05) is 13.6 Å². The van der Waals surface area contributed by atoms with Gasteiger partial charge in [-0.3, -0.25) is 4.98 Å². The maximum absolute atomic E-state index is 9.08. The van der Waals surface area contributed by atoms with E-state index in [0.717, 1.165) is 35.7 Å². The summed E-state index contributed by atoms with van der Waals surface area (Å²) in [6.45, 7) is 0.821. The number of hydrogen-bond donors (Lipinski definition) is 1. The molecule has 4 nitrogen and oxygen atoms in total. The lowest BCUT2D eigenvalue weighted by Crippen LogP contribution is -2.19. The lowest BCUT2D eigenvalue weighted by Gasteiger charge is -2.16. The van der Waals surface area contributed by atoms with Gasteiger partial charge in [0.2, 0.25) is 0 Å². The number of pyridine rings is 1. The topological polar surface area (TPSA) is 57.9 Å². The van der Waals surface area contributed by atoms with Crippen molar-refractivity contribution in [2.45, 2.75) is 12.3 Å². The Hall–Kier alpha value is -2.38. The second kappa shape index (κ2) is 5.32. The summed E-state index contributed by atoms with van der Waals surface area (Å²) in [5, 5.41) is 12.3. The van der Waals surface area contributed by atoms with Gasteiger partial charge in [-0.15, -0.1) is 0 Å². The molecule has 100 valence electrons. The van der Waals surface area contributed by atoms with E-state index in [0.29, 0.717) is 5.56 Å². The summed E-state index contributed by atoms with van der Waals surface area (Å²) in [4.78, 5) is 4.42. The molecule has 20 heavy (non-hydrogen) atoms. The number of hydrogen-bond acceptors (Lipinski definition) is 4. The van der Waals surface area contributed by atoms with Gasteiger partial charge in [0.1, 0.15) is 11.5 Å². The molecule has 4 heteroatoms. The maximum atomic E-state index is 9.08. The molecular weight excluding hydrogens is 250 g/mol. The Morgan fingerprint density at radius 2 is 2.30 bits per heavy atom. The molecule has 0 fully saturated rings. The highest BCUT2D eigenvalue weighted by molar-refractivity contribution is 5.49. The second-order valence-corrected chi connectivity index (χ2v) is 4.87. The number of aromatic nitrogens is 1. The van der Waals surface area contributed by atoms with Crippen LogP contribution in [0, 0.1) is 11.3 Å². The highest BCUT2D eigenvalue weighted by atomic mass is 16.5. The zero-order valence-electron chi connectivity index (χ0n) is 11.3. The minimum Gasteiger partial charge on any atom is -0.455 e. The number of rotatable bonds is 2. The second-order valence-electron chi connectivity index (χ2n) is 4.87. The third-order valence-corrected chi connectivity index (χ3v) is 3.54. The van der Waals surface area contributed by atoms with Crippen molar-refractivity contribution in [2.24, 2.45) is 0 Å². The van der Waals surface area contributed by atoms with Crippen molar-refractivity contribution in [3.05, 3.63) is 53.3 Å². The molecule has 1 aliphatic rings. The van der Waals surface area contributed by atoms with Crippen LogP contribution in [0.2, 0.25) is 0 Å². The molecule has 1 N–H and O–H groups in total. The number of ether oxygens (including phenoxy) is 1. The fraction of sp³-hybridized carbons (Fsp3) is 0.250. The monoisotopic (exact) mass is 265 g/mol. The van der Waals surface area contributed by atoms with Crippen molar-refractivity contribution in [3.8, 4) is 17.6 Å². The average molecular weight is 265 g/mol. The summed E-state index contributed by atoms with van der Waals surface area (Å²) in [5.74, 6) is 1.87. The predicted octanol–water partition coefficient (Wildman–Crippen LogP) is 2.60. The van der Waals surface area contributed by atoms with Crippen LogP contribution in [0.25, 0.3) is 0 Å². The van der Waals surface area contributed by atoms with Crippen molar-refractivity contribution in [1.29, 1.82) is 5.26 Å². The Morgan fingerprint density at radius 3 is 3.10 bits per heavy atom. The molecular formula is C16H15N3O. The minimum atomic E-state index is 0.249. The van der Waals surface area contributed by atoms with Gasteiger partial charge in [0, 0.05) is 30.6 Å². The number of nitrogens with zero attached hydrogens (tertiary/aromatic N) is 2. The summed E-state index contributed by atoms with van der Waals surface area (Å²) in [7, 11) is 1.93. The Balaban J connectivity index is 2.11. The number of benzene rings is 1. The maximum Gasteiger partial charge on any atom is 0.148 e. The fourth-order valence-electron chi connectivity index (χ4n) is 2.59. The molecule has 0 bridgehead atoms. The molecule has 0 saturated carbocycles. The molecule has 3 rings (SSSR count). The quantitative estimate of drug-likeness (QED) is 0.906. The molecule has 1 atom stereocenters. The third kappa shape index (κ3) is 2.24. The highest BCUT2D eigenvalue weighted by Gasteiger charge is 2.24. The molecule has 2 heterocycles. The largest absolute Gasteiger partial charge is 0.455 e. The summed E-state index contributed by atoms with van der Waals surface area (Å²) in [5.41, 5.74) is 2.69. The van der Waals surface area contributed by atoms with Crippen LogP contribution in [0.4, 0.5) is 0 Å². The van der Waals surface area contributed by atoms with Crippen molar-refractivity contribution in [3.63, 3.8) is 0 Å². The molecule has 1 aromatic carbocycles. The Morgan fingerprint density at radius 1 is 1.40 bits per heavy atom. The normalized spacial score (nSPS) is 16.3. The van der Waals surface area contributed by atoms with E-state index >= 15 is 0 Å². The van der Waals surface area contributed by atoms with Gasteiger partial charge < -0.3 is 10.1 Å². The van der Waals surface area contributed by atoms with E-state index in [2.05, 4.69) is 16.4 Å². The first-order valence-electron chi connectivity index (χ1n) is 6.62. The summed E-state index contributed by atoms with van der Waals surface area (Å²) >= 11 is 0. The van der Waals surface area contributed by atoms with Gasteiger partial charge in [0.25, 0.3) is 0 Å². The molecule has 0 aliphatic carbocycles. The molecule has 0 radical (unpaired) electrons. The molecule has 0 amide bonds. The molecule has 1 unspecified atom stereocenters. The summed E-state index contributed by atoms with van der Waals surface area (Å²) in [6, 6.07) is 11.6. The van der Waals surface area contributed by atoms with Gasteiger partial charge in [-0.1, -0.05) is 0 Å². The van der Waals surface area contributed by atoms with Gasteiger partial charge in [0.05, 0.1) is 17.3 Å². The number of nitrogens with one attached hydrogen (secondary N) is 1. The van der Waals surface area contributed by atoms with E-state index in [9.17, 15) is 0 Å². The van der Waals surface area contributed by atoms with Crippen LogP contribution in [-0.4, -0.2) is 18.6 Å². The molecule has 0 spiro atoms. The molecule has 2 aromatic rings. The van der Waals surface area contributed by atoms with Gasteiger partial charge >= 0.3 is 0 Å². The fourth-order valence-corrected chi connectivity index (χ4v) is 2.59. The van der Waals surface area contributed by atoms with Crippen LogP contribution in [0.3, 0.4) is 0 Å². The number of nitriles is 1. The van der Waals surface area contributed by atoms with Crippen molar-refractivity contribution >= 4 is 0 Å². The minimum absolute atomic E-state index is 0.249. The number of fused-ring (bicyclic) bond motifs is 2. The molecule has 1 aliphatic heterocycles. The van der Waals surface area contributed by atoms with E-state index in [1.807, 2.05) is 31.3 Å². The molecule has 1 aromatic heterocycles. The first-order valence-corrected chi connectivity index (χ1v) is 6.62. The number of likely N-dealkylation sites (N-methyl/N-ethyl adjacent to an activating group) is 1. The van der Waals surface area contributed by atoms with Crippen LogP contribution in [-0.2, 0) is 6.42 Å². The predicted molar refractivity (Wildman–Crippen MR) is 75.8 cm³/mol. The Labute approximate surface area is 118 Å². The first kappa shape index (κ1) is 12.6. The van der Waals surface area contributed by atoms with Crippen LogP contribution in [0.5, 0.6) is 11.5 Å². The lowest BCUT2D eigenvalue weighted by molar-refractivity contribution is 0.475. The third-order valence-electron chi connectivity index (χ3n) is 3.54. The average Bonchev–Trinajstić information content (AvgIpc) is 2.63. The van der Waals surface area contributed by atoms with Crippen LogP contribution < -0.4 is 10.1 Å². The van der Waals surface area contributed by atoms with E-state index in [1.165, 1.54) is 0 Å². The van der Waals surface area contributed by atoms with Gasteiger partial charge in [-0.25, -0.2) is 0 Å². The zero-order valence-corrected chi connectivity index (χ0v) is 11.3. The molecule has 0 saturated heterocycles. The Kier molecular flexibility index (Phi) is 3.36. The summed E-state index contributed by atoms with van der Waals surface area (Å²) < 4.78 is 5.98. The van der Waals surface area contributed by atoms with Crippen LogP contribution in [0.1, 0.15) is 22.7 Å². The van der Waals surface area contributed by atoms with Crippen molar-refractivity contribution < 1.29 is 4.74 Å². The van der Waals surface area contributed by atoms with Crippen LogP contribution in [0.15, 0.2) is 36.5 Å². The van der Waals surface area contributed by atoms with E-state index in [4.69, 9.17) is 10.00 Å². The van der Waals surface area contributed by atoms with Gasteiger partial charge in [-0.05, 0) is 37.4 Å². The SMILES string of the molecule is CNCC1Cc2ncccc2Oc2ccc(C#N)cc21.